The predicted octanol–water partition coefficient (Wildman–Crippen LogP) is 9.59. The smallest absolute Gasteiger partial charge is 0.266 e. The number of nitrogens with zero attached hydrogens (tertiary/aromatic N) is 1. The van der Waals surface area contributed by atoms with Crippen molar-refractivity contribution >= 4 is 45.7 Å². The second-order valence-corrected chi connectivity index (χ2v) is 15.9. The molecule has 2 N–H and O–H groups in total. The van der Waals surface area contributed by atoms with Crippen LogP contribution in [-0.2, 0) is 4.79 Å². The van der Waals surface area contributed by atoms with Gasteiger partial charge in [-0.2, -0.15) is 5.26 Å². The lowest BCUT2D eigenvalue weighted by Crippen LogP contribution is -2.50. The fourth-order valence-electron chi connectivity index (χ4n) is 9.89. The van der Waals surface area contributed by atoms with Crippen LogP contribution in [0.1, 0.15) is 98.2 Å². The largest absolute Gasteiger partial charge is 0.393 e. The van der Waals surface area contributed by atoms with Crippen molar-refractivity contribution in [3.63, 3.8) is 0 Å². The molecule has 0 unspecified atom stereocenters. The van der Waals surface area contributed by atoms with E-state index >= 15 is 0 Å². The molecule has 1 aromatic heterocycles. The number of fused-ring (bicyclic) bond motifs is 5. The van der Waals surface area contributed by atoms with Crippen LogP contribution in [0, 0.1) is 39.9 Å². The first-order valence-corrected chi connectivity index (χ1v) is 18.2. The number of hydrogen-bond donors (Lipinski definition) is 2. The average Bonchev–Trinajstić information content (AvgIpc) is 3.64. The number of thiophene rings is 1. The summed E-state index contributed by atoms with van der Waals surface area (Å²) in [5.74, 6) is 1.35. The second-order valence-electron chi connectivity index (χ2n) is 14.6. The molecule has 1 heterocycles. The first-order valence-electron chi connectivity index (χ1n) is 16.9. The molecule has 4 aliphatic carbocycles. The number of carbonyl (C=O) groups excluding carboxylic acids is 2. The molecule has 0 radical (unpaired) electrons. The van der Waals surface area contributed by atoms with Gasteiger partial charge in [-0.3, -0.25) is 9.59 Å². The number of carbonyl (C=O) groups is 2. The fourth-order valence-corrected chi connectivity index (χ4v) is 11.0. The predicted molar refractivity (Wildman–Crippen MR) is 188 cm³/mol. The van der Waals surface area contributed by atoms with Gasteiger partial charge >= 0.3 is 0 Å². The highest BCUT2D eigenvalue weighted by molar-refractivity contribution is 7.15. The van der Waals surface area contributed by atoms with Crippen molar-refractivity contribution in [1.29, 1.82) is 5.26 Å². The summed E-state index contributed by atoms with van der Waals surface area (Å²) in [6, 6.07) is 18.3. The number of amides is 1. The summed E-state index contributed by atoms with van der Waals surface area (Å²) in [5, 5.41) is 26.5. The number of nitriles is 1. The molecule has 0 aliphatic heterocycles. The molecule has 3 aromatic rings. The summed E-state index contributed by atoms with van der Waals surface area (Å²) in [5.41, 5.74) is 4.52. The zero-order valence-electron chi connectivity index (χ0n) is 27.0. The molecule has 7 atom stereocenters. The number of rotatable bonds is 6. The maximum atomic E-state index is 14.3. The number of benzene rings is 2. The molecule has 7 heteroatoms. The van der Waals surface area contributed by atoms with Crippen LogP contribution in [0.2, 0.25) is 5.02 Å². The maximum absolute atomic E-state index is 14.3. The Bertz CT molecular complexity index is 1800. The number of allylic oxidation sites excluding steroid dienone is 1. The van der Waals surface area contributed by atoms with Gasteiger partial charge in [-0.05, 0) is 121 Å². The molecule has 242 valence electrons. The van der Waals surface area contributed by atoms with E-state index in [4.69, 9.17) is 11.6 Å². The topological polar surface area (TPSA) is 90.2 Å². The quantitative estimate of drug-likeness (QED) is 0.119. The summed E-state index contributed by atoms with van der Waals surface area (Å²) in [7, 11) is 0. The first-order chi connectivity index (χ1) is 22.6. The minimum Gasteiger partial charge on any atom is -0.393 e. The second kappa shape index (κ2) is 12.5. The Labute approximate surface area is 286 Å². The van der Waals surface area contributed by atoms with E-state index < -0.39 is 5.91 Å². The van der Waals surface area contributed by atoms with Crippen LogP contribution in [0.25, 0.3) is 6.08 Å². The van der Waals surface area contributed by atoms with Crippen LogP contribution in [0.15, 0.2) is 77.2 Å². The lowest BCUT2D eigenvalue weighted by Gasteiger charge is -2.58. The average molecular weight is 665 g/mol. The van der Waals surface area contributed by atoms with Gasteiger partial charge < -0.3 is 10.4 Å². The summed E-state index contributed by atoms with van der Waals surface area (Å²) < 4.78 is 0. The molecule has 47 heavy (non-hydrogen) atoms. The van der Waals surface area contributed by atoms with Crippen molar-refractivity contribution in [2.45, 2.75) is 77.2 Å². The Morgan fingerprint density at radius 3 is 2.53 bits per heavy atom. The van der Waals surface area contributed by atoms with Crippen LogP contribution in [0.4, 0.5) is 5.00 Å². The highest BCUT2D eigenvalue weighted by Crippen LogP contribution is 2.68. The Hall–Kier alpha value is -3.50. The van der Waals surface area contributed by atoms with E-state index in [0.29, 0.717) is 44.5 Å². The summed E-state index contributed by atoms with van der Waals surface area (Å²) >= 11 is 7.41. The Balaban J connectivity index is 1.22. The zero-order valence-corrected chi connectivity index (χ0v) is 28.5. The number of aliphatic hydroxyl groups excluding tert-OH is 1. The van der Waals surface area contributed by atoms with E-state index in [9.17, 15) is 20.0 Å². The zero-order chi connectivity index (χ0) is 32.9. The van der Waals surface area contributed by atoms with E-state index in [2.05, 4.69) is 30.6 Å². The third-order valence-electron chi connectivity index (χ3n) is 12.3. The van der Waals surface area contributed by atoms with Gasteiger partial charge in [-0.25, -0.2) is 0 Å². The fraction of sp³-hybridized carbons (Fsp3) is 0.425. The summed E-state index contributed by atoms with van der Waals surface area (Å²) in [6.07, 6.45) is 12.1. The van der Waals surface area contributed by atoms with Crippen molar-refractivity contribution in [1.82, 2.24) is 0 Å². The Morgan fingerprint density at radius 2 is 1.79 bits per heavy atom. The number of anilines is 1. The van der Waals surface area contributed by atoms with Gasteiger partial charge in [0.15, 0.2) is 5.78 Å². The molecule has 0 saturated heterocycles. The van der Waals surface area contributed by atoms with Gasteiger partial charge in [0, 0.05) is 10.6 Å². The lowest BCUT2D eigenvalue weighted by atomic mass is 9.47. The van der Waals surface area contributed by atoms with Crippen LogP contribution in [0.5, 0.6) is 0 Å². The van der Waals surface area contributed by atoms with Crippen LogP contribution in [-0.4, -0.2) is 22.9 Å². The monoisotopic (exact) mass is 664 g/mol. The van der Waals surface area contributed by atoms with Crippen molar-refractivity contribution in [3.8, 4) is 6.07 Å². The van der Waals surface area contributed by atoms with Crippen LogP contribution >= 0.6 is 22.9 Å². The molecule has 5 nitrogen and oxygen atoms in total. The summed E-state index contributed by atoms with van der Waals surface area (Å²) in [6.45, 7) is 4.91. The van der Waals surface area contributed by atoms with Gasteiger partial charge in [0.05, 0.1) is 11.7 Å². The summed E-state index contributed by atoms with van der Waals surface area (Å²) in [4.78, 5) is 27.8. The van der Waals surface area contributed by atoms with E-state index in [1.807, 2.05) is 36.4 Å². The number of ketones is 1. The van der Waals surface area contributed by atoms with Crippen LogP contribution < -0.4 is 5.32 Å². The molecular weight excluding hydrogens is 624 g/mol. The standard InChI is InChI=1S/C40H41ClN2O3S/c1-39-18-16-29(44)21-27(39)10-13-30-32-14-15-33(40(32,2)19-17-34(30)39)31-23-47-38(35(31)36(45)25-6-4-3-5-7-25)43-37(46)26(22-42)20-24-8-11-28(41)12-9-24/h3-12,20,23,29-30,32-34,44H,13-19,21H2,1-2H3,(H,43,46)/b26-20+/t29-,30-,32-,33+,34-,39-,40-/m0/s1. The molecule has 3 saturated carbocycles. The van der Waals surface area contributed by atoms with E-state index in [-0.39, 0.29) is 34.2 Å². The Morgan fingerprint density at radius 1 is 1.02 bits per heavy atom. The highest BCUT2D eigenvalue weighted by atomic mass is 35.5. The van der Waals surface area contributed by atoms with Crippen molar-refractivity contribution in [3.05, 3.63) is 104 Å². The van der Waals surface area contributed by atoms with Gasteiger partial charge in [0.1, 0.15) is 16.6 Å². The molecular formula is C40H41ClN2O3S. The van der Waals surface area contributed by atoms with Crippen molar-refractivity contribution in [2.24, 2.45) is 28.6 Å². The highest BCUT2D eigenvalue weighted by Gasteiger charge is 2.59. The van der Waals surface area contributed by atoms with Gasteiger partial charge in [-0.15, -0.1) is 11.3 Å². The lowest BCUT2D eigenvalue weighted by molar-refractivity contribution is -0.112. The number of nitrogens with one attached hydrogen (secondary N) is 1. The third kappa shape index (κ3) is 5.61. The maximum Gasteiger partial charge on any atom is 0.266 e. The number of halogens is 1. The SMILES string of the molecule is C[C@]12CC[C@H]3[C@@H](CC=C4C[C@@H](O)CC[C@@]43C)[C@@H]1CC[C@@H]2c1csc(NC(=O)/C(C#N)=C/c2ccc(Cl)cc2)c1C(=O)c1ccccc1. The van der Waals surface area contributed by atoms with Gasteiger partial charge in [-0.1, -0.05) is 79.6 Å². The van der Waals surface area contributed by atoms with Gasteiger partial charge in [0.2, 0.25) is 0 Å². The molecule has 2 aromatic carbocycles. The molecule has 0 spiro atoms. The van der Waals surface area contributed by atoms with E-state index in [0.717, 1.165) is 56.9 Å². The van der Waals surface area contributed by atoms with E-state index in [1.165, 1.54) is 23.0 Å². The third-order valence-corrected chi connectivity index (χ3v) is 13.5. The van der Waals surface area contributed by atoms with Crippen molar-refractivity contribution in [2.75, 3.05) is 5.32 Å². The molecule has 7 rings (SSSR count). The number of aliphatic hydroxyl groups is 1. The minimum absolute atomic E-state index is 0.0391. The van der Waals surface area contributed by atoms with E-state index in [1.54, 1.807) is 24.3 Å². The molecule has 4 aliphatic rings. The molecule has 3 fully saturated rings. The minimum atomic E-state index is -0.537. The number of hydrogen-bond acceptors (Lipinski definition) is 5. The first kappa shape index (κ1) is 32.1. The molecule has 1 amide bonds. The molecule has 0 bridgehead atoms. The van der Waals surface area contributed by atoms with Crippen molar-refractivity contribution < 1.29 is 14.7 Å². The normalized spacial score (nSPS) is 31.5. The Kier molecular flexibility index (Phi) is 8.53. The van der Waals surface area contributed by atoms with Crippen LogP contribution in [0.3, 0.4) is 0 Å². The van der Waals surface area contributed by atoms with Gasteiger partial charge in [0.25, 0.3) is 5.91 Å².